The first kappa shape index (κ1) is 28.7. The Hall–Kier alpha value is -2.32. The van der Waals surface area contributed by atoms with Gasteiger partial charge in [-0.15, -0.1) is 5.10 Å². The third-order valence-corrected chi connectivity index (χ3v) is 7.81. The lowest BCUT2D eigenvalue weighted by molar-refractivity contribution is -0.186. The predicted molar refractivity (Wildman–Crippen MR) is 137 cm³/mol. The maximum Gasteiger partial charge on any atom is 0.254 e. The smallest absolute Gasteiger partial charge is 0.254 e. The Morgan fingerprint density at radius 2 is 1.92 bits per heavy atom. The monoisotopic (exact) mass is 588 g/mol. The van der Waals surface area contributed by atoms with Crippen LogP contribution in [0.1, 0.15) is 16.4 Å². The number of nitrogens with zero attached hydrogens (tertiary/aromatic N) is 4. The molecule has 1 aromatic heterocycles. The normalized spacial score (nSPS) is 23.4. The molecule has 0 radical (unpaired) electrons. The molecule has 0 bridgehead atoms. The molecule has 5 atom stereocenters. The SMILES string of the molecule is COC1C(n2cc(-c3cc(F)c(Cl)c(F)c3)nn2)[C@@H](O)C(CO)O[C@@H]1Sc1cc(Cl)ccc1C(=O)N(C)C. The number of methoxy groups -OCH3 is 1. The number of aromatic nitrogens is 3. The molecule has 3 unspecified atom stereocenters. The van der Waals surface area contributed by atoms with Crippen LogP contribution in [0.25, 0.3) is 11.3 Å². The zero-order valence-electron chi connectivity index (χ0n) is 20.4. The summed E-state index contributed by atoms with van der Waals surface area (Å²) in [5.74, 6) is -2.18. The Labute approximate surface area is 231 Å². The van der Waals surface area contributed by atoms with Crippen LogP contribution in [0.2, 0.25) is 10.0 Å². The highest BCUT2D eigenvalue weighted by Gasteiger charge is 2.47. The highest BCUT2D eigenvalue weighted by Crippen LogP contribution is 2.41. The van der Waals surface area contributed by atoms with Crippen LogP contribution >= 0.6 is 35.0 Å². The molecule has 1 aliphatic heterocycles. The average Bonchev–Trinajstić information content (AvgIpc) is 3.37. The van der Waals surface area contributed by atoms with Crippen LogP contribution in [0.5, 0.6) is 0 Å². The van der Waals surface area contributed by atoms with Crippen LogP contribution in [-0.2, 0) is 9.47 Å². The summed E-state index contributed by atoms with van der Waals surface area (Å²) in [6.07, 6.45) is -1.82. The number of rotatable bonds is 7. The van der Waals surface area contributed by atoms with Crippen molar-refractivity contribution in [1.82, 2.24) is 19.9 Å². The maximum atomic E-state index is 14.0. The van der Waals surface area contributed by atoms with Gasteiger partial charge in [0.2, 0.25) is 0 Å². The van der Waals surface area contributed by atoms with Gasteiger partial charge in [0.25, 0.3) is 5.91 Å². The van der Waals surface area contributed by atoms with Crippen molar-refractivity contribution in [2.24, 2.45) is 0 Å². The van der Waals surface area contributed by atoms with Gasteiger partial charge in [-0.3, -0.25) is 4.79 Å². The standard InChI is InChI=1S/C24H24Cl2F2N4O5S/c1-31(2)23(35)13-5-4-12(25)8-18(13)38-24-22(36-3)20(21(34)17(10-33)37-24)32-9-16(29-30-32)11-6-14(27)19(26)15(28)7-11/h4-9,17,20-22,24,33-34H,10H2,1-3H3/t17?,20?,21-,22?,24+/m0/s1. The minimum absolute atomic E-state index is 0.0848. The summed E-state index contributed by atoms with van der Waals surface area (Å²) in [5.41, 5.74) is -0.259. The topological polar surface area (TPSA) is 110 Å². The molecule has 1 aliphatic rings. The first-order chi connectivity index (χ1) is 18.0. The molecule has 1 amide bonds. The second-order valence-electron chi connectivity index (χ2n) is 8.70. The van der Waals surface area contributed by atoms with E-state index >= 15 is 0 Å². The number of carbonyl (C=O) groups is 1. The molecule has 1 saturated heterocycles. The van der Waals surface area contributed by atoms with E-state index in [1.165, 1.54) is 22.9 Å². The van der Waals surface area contributed by atoms with Crippen molar-refractivity contribution in [1.29, 1.82) is 0 Å². The molecule has 3 aromatic rings. The van der Waals surface area contributed by atoms with Gasteiger partial charge in [-0.25, -0.2) is 13.5 Å². The fourth-order valence-electron chi connectivity index (χ4n) is 4.10. The Balaban J connectivity index is 1.71. The maximum absolute atomic E-state index is 14.0. The van der Waals surface area contributed by atoms with E-state index in [0.717, 1.165) is 23.9 Å². The molecule has 204 valence electrons. The van der Waals surface area contributed by atoms with E-state index in [1.54, 1.807) is 32.3 Å². The minimum atomic E-state index is -1.29. The summed E-state index contributed by atoms with van der Waals surface area (Å²) in [5, 5.41) is 28.8. The molecular formula is C24H24Cl2F2N4O5S. The van der Waals surface area contributed by atoms with E-state index < -0.39 is 53.1 Å². The number of hydrogen-bond donors (Lipinski definition) is 2. The van der Waals surface area contributed by atoms with Crippen molar-refractivity contribution >= 4 is 40.9 Å². The van der Waals surface area contributed by atoms with Gasteiger partial charge >= 0.3 is 0 Å². The molecule has 0 aliphatic carbocycles. The zero-order valence-corrected chi connectivity index (χ0v) is 22.7. The number of ether oxygens (including phenoxy) is 2. The second-order valence-corrected chi connectivity index (χ2v) is 10.7. The van der Waals surface area contributed by atoms with E-state index in [9.17, 15) is 23.8 Å². The van der Waals surface area contributed by atoms with Crippen LogP contribution in [0.4, 0.5) is 8.78 Å². The molecule has 38 heavy (non-hydrogen) atoms. The molecule has 2 heterocycles. The van der Waals surface area contributed by atoms with E-state index in [2.05, 4.69) is 10.3 Å². The molecule has 1 fully saturated rings. The summed E-state index contributed by atoms with van der Waals surface area (Å²) in [4.78, 5) is 14.7. The largest absolute Gasteiger partial charge is 0.394 e. The van der Waals surface area contributed by atoms with Crippen LogP contribution in [0.3, 0.4) is 0 Å². The molecule has 2 aromatic carbocycles. The van der Waals surface area contributed by atoms with Crippen LogP contribution < -0.4 is 0 Å². The summed E-state index contributed by atoms with van der Waals surface area (Å²) >= 11 is 12.9. The van der Waals surface area contributed by atoms with Crippen molar-refractivity contribution in [3.05, 3.63) is 63.8 Å². The van der Waals surface area contributed by atoms with Crippen molar-refractivity contribution in [3.8, 4) is 11.3 Å². The molecule has 0 spiro atoms. The predicted octanol–water partition coefficient (Wildman–Crippen LogP) is 3.66. The summed E-state index contributed by atoms with van der Waals surface area (Å²) in [6, 6.07) is 5.92. The minimum Gasteiger partial charge on any atom is -0.394 e. The van der Waals surface area contributed by atoms with Gasteiger partial charge in [-0.05, 0) is 30.3 Å². The summed E-state index contributed by atoms with van der Waals surface area (Å²) < 4.78 is 41.0. The lowest BCUT2D eigenvalue weighted by atomic mass is 9.97. The highest BCUT2D eigenvalue weighted by atomic mass is 35.5. The van der Waals surface area contributed by atoms with E-state index in [0.29, 0.717) is 15.5 Å². The number of benzene rings is 2. The van der Waals surface area contributed by atoms with Crippen molar-refractivity contribution < 1.29 is 33.3 Å². The fourth-order valence-corrected chi connectivity index (χ4v) is 5.78. The van der Waals surface area contributed by atoms with Crippen molar-refractivity contribution in [3.63, 3.8) is 0 Å². The highest BCUT2D eigenvalue weighted by molar-refractivity contribution is 8.00. The molecule has 2 N–H and O–H groups in total. The Morgan fingerprint density at radius 3 is 2.53 bits per heavy atom. The van der Waals surface area contributed by atoms with Gasteiger partial charge in [0.15, 0.2) is 0 Å². The first-order valence-electron chi connectivity index (χ1n) is 11.3. The lowest BCUT2D eigenvalue weighted by Crippen LogP contribution is -2.55. The molecule has 14 heteroatoms. The number of thioether (sulfide) groups is 1. The van der Waals surface area contributed by atoms with Gasteiger partial charge < -0.3 is 24.6 Å². The van der Waals surface area contributed by atoms with Gasteiger partial charge in [-0.1, -0.05) is 40.2 Å². The summed E-state index contributed by atoms with van der Waals surface area (Å²) in [6.45, 7) is -0.528. The molecule has 0 saturated carbocycles. The summed E-state index contributed by atoms with van der Waals surface area (Å²) in [7, 11) is 4.65. The van der Waals surface area contributed by atoms with Crippen LogP contribution in [0, 0.1) is 11.6 Å². The Bertz CT molecular complexity index is 1310. The van der Waals surface area contributed by atoms with Gasteiger partial charge in [0.05, 0.1) is 18.4 Å². The third-order valence-electron chi connectivity index (χ3n) is 6.02. The van der Waals surface area contributed by atoms with E-state index in [-0.39, 0.29) is 17.2 Å². The Morgan fingerprint density at radius 1 is 1.24 bits per heavy atom. The zero-order chi connectivity index (χ0) is 27.7. The molecule has 4 rings (SSSR count). The number of hydrogen-bond acceptors (Lipinski definition) is 8. The van der Waals surface area contributed by atoms with Crippen molar-refractivity contribution in [2.75, 3.05) is 27.8 Å². The van der Waals surface area contributed by atoms with Gasteiger partial charge in [0.1, 0.15) is 52.1 Å². The van der Waals surface area contributed by atoms with Gasteiger partial charge in [-0.2, -0.15) is 0 Å². The third kappa shape index (κ3) is 5.67. The first-order valence-corrected chi connectivity index (χ1v) is 12.9. The lowest BCUT2D eigenvalue weighted by Gasteiger charge is -2.43. The van der Waals surface area contributed by atoms with Crippen molar-refractivity contribution in [2.45, 2.75) is 34.7 Å². The van der Waals surface area contributed by atoms with Crippen LogP contribution in [0.15, 0.2) is 41.4 Å². The quantitative estimate of drug-likeness (QED) is 0.402. The average molecular weight is 589 g/mol. The Kier molecular flexibility index (Phi) is 8.92. The van der Waals surface area contributed by atoms with Gasteiger partial charge in [0, 0.05) is 36.7 Å². The number of halogens is 4. The molecule has 9 nitrogen and oxygen atoms in total. The van der Waals surface area contributed by atoms with E-state index in [4.69, 9.17) is 32.7 Å². The fraction of sp³-hybridized carbons (Fsp3) is 0.375. The number of amides is 1. The number of carbonyl (C=O) groups excluding carboxylic acids is 1. The van der Waals surface area contributed by atoms with Crippen LogP contribution in [-0.4, -0.2) is 87.6 Å². The van der Waals surface area contributed by atoms with E-state index in [1.807, 2.05) is 0 Å². The number of aliphatic hydroxyl groups is 2. The number of aliphatic hydroxyl groups excluding tert-OH is 2. The second kappa shape index (κ2) is 11.8. The molecular weight excluding hydrogens is 565 g/mol.